The van der Waals surface area contributed by atoms with Crippen LogP contribution in [-0.2, 0) is 28.6 Å². The minimum Gasteiger partial charge on any atom is -0.462 e. The maximum atomic E-state index is 12.7. The lowest BCUT2D eigenvalue weighted by Gasteiger charge is -2.18. The molecule has 0 unspecified atom stereocenters. The number of hydrogen-bond donors (Lipinski definition) is 0. The number of esters is 3. The van der Waals surface area contributed by atoms with E-state index in [0.717, 1.165) is 69.6 Å². The first kappa shape index (κ1) is 55.4. The Balaban J connectivity index is 4.30. The van der Waals surface area contributed by atoms with Gasteiger partial charge >= 0.3 is 17.9 Å². The van der Waals surface area contributed by atoms with Crippen LogP contribution in [0.3, 0.4) is 0 Å². The monoisotopic (exact) mass is 807 g/mol. The second-order valence-corrected chi connectivity index (χ2v) is 18.4. The Bertz CT molecular complexity index is 870. The molecule has 0 saturated carbocycles. The molecule has 0 N–H and O–H groups in total. The zero-order chi connectivity index (χ0) is 41.9. The Morgan fingerprint density at radius 3 is 0.860 bits per heavy atom. The summed E-state index contributed by atoms with van der Waals surface area (Å²) in [5.74, 6) is 0.776. The zero-order valence-corrected chi connectivity index (χ0v) is 39.0. The molecular formula is C51H98O6. The van der Waals surface area contributed by atoms with Crippen molar-refractivity contribution in [2.45, 2.75) is 285 Å². The van der Waals surface area contributed by atoms with Crippen molar-refractivity contribution in [3.05, 3.63) is 0 Å². The highest BCUT2D eigenvalue weighted by Gasteiger charge is 2.19. The van der Waals surface area contributed by atoms with Crippen molar-refractivity contribution in [1.29, 1.82) is 0 Å². The molecule has 0 radical (unpaired) electrons. The van der Waals surface area contributed by atoms with Gasteiger partial charge in [0.05, 0.1) is 0 Å². The summed E-state index contributed by atoms with van der Waals surface area (Å²) in [6, 6.07) is 0. The molecule has 0 aromatic heterocycles. The molecule has 57 heavy (non-hydrogen) atoms. The van der Waals surface area contributed by atoms with Crippen LogP contribution in [0.15, 0.2) is 0 Å². The van der Waals surface area contributed by atoms with Crippen molar-refractivity contribution in [2.24, 2.45) is 11.8 Å². The normalized spacial score (nSPS) is 12.1. The molecule has 0 aromatic rings. The van der Waals surface area contributed by atoms with Gasteiger partial charge in [-0.25, -0.2) is 0 Å². The fraction of sp³-hybridized carbons (Fsp3) is 0.941. The molecule has 0 aliphatic heterocycles. The molecule has 0 aromatic carbocycles. The molecule has 0 aliphatic rings. The topological polar surface area (TPSA) is 78.9 Å². The van der Waals surface area contributed by atoms with E-state index in [0.29, 0.717) is 19.3 Å². The van der Waals surface area contributed by atoms with Crippen LogP contribution in [0.4, 0.5) is 0 Å². The van der Waals surface area contributed by atoms with Crippen LogP contribution in [0.25, 0.3) is 0 Å². The van der Waals surface area contributed by atoms with E-state index in [1.54, 1.807) is 0 Å². The first-order valence-electron chi connectivity index (χ1n) is 25.2. The molecular weight excluding hydrogens is 709 g/mol. The third-order valence-electron chi connectivity index (χ3n) is 11.5. The number of carbonyl (C=O) groups excluding carboxylic acids is 3. The number of ether oxygens (including phenoxy) is 3. The molecule has 0 heterocycles. The maximum absolute atomic E-state index is 12.7. The number of carbonyl (C=O) groups is 3. The van der Waals surface area contributed by atoms with Gasteiger partial charge in [-0.1, -0.05) is 240 Å². The summed E-state index contributed by atoms with van der Waals surface area (Å²) in [6.07, 6.45) is 43.7. The summed E-state index contributed by atoms with van der Waals surface area (Å²) >= 11 is 0. The molecule has 6 nitrogen and oxygen atoms in total. The average molecular weight is 807 g/mol. The van der Waals surface area contributed by atoms with E-state index in [4.69, 9.17) is 14.2 Å². The third kappa shape index (κ3) is 45.3. The van der Waals surface area contributed by atoms with Gasteiger partial charge in [0.2, 0.25) is 0 Å². The van der Waals surface area contributed by atoms with Gasteiger partial charge in [-0.05, 0) is 31.1 Å². The van der Waals surface area contributed by atoms with Crippen LogP contribution in [-0.4, -0.2) is 37.2 Å². The highest BCUT2D eigenvalue weighted by atomic mass is 16.6. The molecule has 0 rings (SSSR count). The van der Waals surface area contributed by atoms with Gasteiger partial charge in [0.15, 0.2) is 6.10 Å². The Morgan fingerprint density at radius 1 is 0.333 bits per heavy atom. The minimum absolute atomic E-state index is 0.0642. The van der Waals surface area contributed by atoms with Gasteiger partial charge in [0.25, 0.3) is 0 Å². The van der Waals surface area contributed by atoms with Crippen molar-refractivity contribution < 1.29 is 28.6 Å². The molecule has 0 aliphatic carbocycles. The summed E-state index contributed by atoms with van der Waals surface area (Å²) in [5.41, 5.74) is 0. The van der Waals surface area contributed by atoms with Crippen molar-refractivity contribution in [3.63, 3.8) is 0 Å². The first-order chi connectivity index (χ1) is 27.7. The molecule has 0 spiro atoms. The summed E-state index contributed by atoms with van der Waals surface area (Å²) in [7, 11) is 0. The van der Waals surface area contributed by atoms with Crippen molar-refractivity contribution in [3.8, 4) is 0 Å². The summed E-state index contributed by atoms with van der Waals surface area (Å²) in [6.45, 7) is 11.3. The summed E-state index contributed by atoms with van der Waals surface area (Å²) < 4.78 is 16.8. The Morgan fingerprint density at radius 2 is 0.579 bits per heavy atom. The highest BCUT2D eigenvalue weighted by Crippen LogP contribution is 2.17. The fourth-order valence-corrected chi connectivity index (χ4v) is 7.64. The van der Waals surface area contributed by atoms with Gasteiger partial charge in [-0.15, -0.1) is 0 Å². The largest absolute Gasteiger partial charge is 0.462 e. The number of rotatable bonds is 45. The maximum Gasteiger partial charge on any atom is 0.306 e. The molecule has 0 fully saturated rings. The summed E-state index contributed by atoms with van der Waals surface area (Å²) in [4.78, 5) is 37.9. The van der Waals surface area contributed by atoms with Crippen molar-refractivity contribution in [2.75, 3.05) is 13.2 Å². The van der Waals surface area contributed by atoms with Crippen LogP contribution in [0, 0.1) is 11.8 Å². The molecule has 338 valence electrons. The second kappa shape index (κ2) is 44.0. The van der Waals surface area contributed by atoms with Gasteiger partial charge in [0.1, 0.15) is 13.2 Å². The van der Waals surface area contributed by atoms with E-state index in [9.17, 15) is 14.4 Å². The lowest BCUT2D eigenvalue weighted by molar-refractivity contribution is -0.167. The van der Waals surface area contributed by atoms with Gasteiger partial charge < -0.3 is 14.2 Å². The minimum atomic E-state index is -0.761. The molecule has 1 atom stereocenters. The third-order valence-corrected chi connectivity index (χ3v) is 11.5. The quantitative estimate of drug-likeness (QED) is 0.0346. The van der Waals surface area contributed by atoms with Crippen LogP contribution in [0.2, 0.25) is 0 Å². The lowest BCUT2D eigenvalue weighted by Crippen LogP contribution is -2.30. The smallest absolute Gasteiger partial charge is 0.306 e. The molecule has 0 saturated heterocycles. The SMILES string of the molecule is CCCCCCCCCCCCCCCC(=O)OC[C@H](COC(=O)CCCCCCCCCCCCCCC(C)C)OC(=O)CCCCCCCCCCC(C)C. The second-order valence-electron chi connectivity index (χ2n) is 18.4. The molecule has 6 heteroatoms. The Labute approximate surface area is 355 Å². The zero-order valence-electron chi connectivity index (χ0n) is 39.0. The van der Waals surface area contributed by atoms with Crippen LogP contribution in [0.5, 0.6) is 0 Å². The lowest BCUT2D eigenvalue weighted by atomic mass is 10.0. The van der Waals surface area contributed by atoms with Crippen LogP contribution < -0.4 is 0 Å². The van der Waals surface area contributed by atoms with E-state index in [-0.39, 0.29) is 31.1 Å². The first-order valence-corrected chi connectivity index (χ1v) is 25.2. The van der Waals surface area contributed by atoms with E-state index in [1.165, 1.54) is 167 Å². The van der Waals surface area contributed by atoms with Crippen molar-refractivity contribution in [1.82, 2.24) is 0 Å². The number of hydrogen-bond acceptors (Lipinski definition) is 6. The van der Waals surface area contributed by atoms with Gasteiger partial charge in [-0.2, -0.15) is 0 Å². The predicted molar refractivity (Wildman–Crippen MR) is 243 cm³/mol. The standard InChI is InChI=1S/C51H98O6/c1-6-7-8-9-10-11-12-13-17-20-26-31-36-41-49(52)55-44-48(57-51(54)43-38-33-28-23-22-25-30-35-40-47(4)5)45-56-50(53)42-37-32-27-21-18-15-14-16-19-24-29-34-39-46(2)3/h46-48H,6-45H2,1-5H3/t48-/m1/s1. The van der Waals surface area contributed by atoms with Gasteiger partial charge in [0, 0.05) is 19.3 Å². The summed E-state index contributed by atoms with van der Waals surface area (Å²) in [5, 5.41) is 0. The fourth-order valence-electron chi connectivity index (χ4n) is 7.64. The average Bonchev–Trinajstić information content (AvgIpc) is 3.18. The van der Waals surface area contributed by atoms with Crippen LogP contribution in [0.1, 0.15) is 279 Å². The van der Waals surface area contributed by atoms with E-state index < -0.39 is 6.10 Å². The van der Waals surface area contributed by atoms with Crippen molar-refractivity contribution >= 4 is 17.9 Å². The van der Waals surface area contributed by atoms with E-state index in [2.05, 4.69) is 34.6 Å². The molecule has 0 amide bonds. The highest BCUT2D eigenvalue weighted by molar-refractivity contribution is 5.71. The van der Waals surface area contributed by atoms with E-state index >= 15 is 0 Å². The Hall–Kier alpha value is -1.59. The predicted octanol–water partition coefficient (Wildman–Crippen LogP) is 16.1. The Kier molecular flexibility index (Phi) is 42.7. The van der Waals surface area contributed by atoms with Gasteiger partial charge in [-0.3, -0.25) is 14.4 Å². The number of unbranched alkanes of at least 4 members (excludes halogenated alkanes) is 30. The molecule has 0 bridgehead atoms. The van der Waals surface area contributed by atoms with E-state index in [1.807, 2.05) is 0 Å². The van der Waals surface area contributed by atoms with Crippen LogP contribution >= 0.6 is 0 Å².